The number of nitrogens with zero attached hydrogens (tertiary/aromatic N) is 1. The quantitative estimate of drug-likeness (QED) is 0.846. The smallest absolute Gasteiger partial charge is 0.328 e. The lowest BCUT2D eigenvalue weighted by Crippen LogP contribution is -2.42. The van der Waals surface area contributed by atoms with Crippen molar-refractivity contribution in [1.82, 2.24) is 10.3 Å². The summed E-state index contributed by atoms with van der Waals surface area (Å²) in [4.78, 5) is 27.8. The van der Waals surface area contributed by atoms with Crippen LogP contribution in [0.15, 0.2) is 18.3 Å². The van der Waals surface area contributed by atoms with Gasteiger partial charge < -0.3 is 10.1 Å². The van der Waals surface area contributed by atoms with E-state index in [9.17, 15) is 9.59 Å². The Hall–Kier alpha value is -1.91. The monoisotopic (exact) mass is 264 g/mol. The van der Waals surface area contributed by atoms with Crippen LogP contribution in [-0.2, 0) is 9.53 Å². The van der Waals surface area contributed by atoms with Crippen molar-refractivity contribution in [2.24, 2.45) is 0 Å². The molecule has 0 unspecified atom stereocenters. The lowest BCUT2D eigenvalue weighted by Gasteiger charge is -2.22. The van der Waals surface area contributed by atoms with Crippen molar-refractivity contribution >= 4 is 11.9 Å². The maximum absolute atomic E-state index is 12.0. The molecule has 1 rings (SSSR count). The molecule has 1 aromatic rings. The number of esters is 1. The molecule has 0 saturated carbocycles. The van der Waals surface area contributed by atoms with Crippen LogP contribution >= 0.6 is 0 Å². The number of amides is 1. The van der Waals surface area contributed by atoms with E-state index < -0.39 is 17.6 Å². The van der Waals surface area contributed by atoms with E-state index in [1.165, 1.54) is 0 Å². The molecule has 1 atom stereocenters. The van der Waals surface area contributed by atoms with E-state index >= 15 is 0 Å². The molecule has 1 N–H and O–H groups in total. The van der Waals surface area contributed by atoms with Gasteiger partial charge >= 0.3 is 5.97 Å². The van der Waals surface area contributed by atoms with Crippen LogP contribution in [0.25, 0.3) is 0 Å². The van der Waals surface area contributed by atoms with Crippen LogP contribution in [0.2, 0.25) is 0 Å². The Morgan fingerprint density at radius 1 is 1.37 bits per heavy atom. The van der Waals surface area contributed by atoms with Gasteiger partial charge in [0.1, 0.15) is 11.6 Å². The molecule has 1 amide bonds. The van der Waals surface area contributed by atoms with E-state index in [1.54, 1.807) is 52.9 Å². The zero-order valence-corrected chi connectivity index (χ0v) is 12.0. The molecule has 0 aliphatic heterocycles. The maximum Gasteiger partial charge on any atom is 0.328 e. The van der Waals surface area contributed by atoms with Crippen molar-refractivity contribution in [3.05, 3.63) is 29.6 Å². The second kappa shape index (κ2) is 5.82. The molecule has 0 bridgehead atoms. The molecule has 1 aromatic heterocycles. The van der Waals surface area contributed by atoms with E-state index in [0.29, 0.717) is 11.3 Å². The fourth-order valence-electron chi connectivity index (χ4n) is 1.45. The minimum atomic E-state index is -0.702. The Morgan fingerprint density at radius 2 is 2.00 bits per heavy atom. The molecule has 19 heavy (non-hydrogen) atoms. The molecule has 0 radical (unpaired) electrons. The third-order valence-corrected chi connectivity index (χ3v) is 2.36. The average Bonchev–Trinajstić information content (AvgIpc) is 2.27. The molecule has 0 fully saturated rings. The number of carbonyl (C=O) groups is 2. The number of hydrogen-bond donors (Lipinski definition) is 1. The van der Waals surface area contributed by atoms with Gasteiger partial charge in [-0.25, -0.2) is 4.79 Å². The third kappa shape index (κ3) is 4.69. The summed E-state index contributed by atoms with van der Waals surface area (Å²) in [6, 6.07) is 2.64. The largest absolute Gasteiger partial charge is 0.458 e. The fraction of sp³-hybridized carbons (Fsp3) is 0.500. The van der Waals surface area contributed by atoms with Crippen LogP contribution in [0, 0.1) is 6.92 Å². The van der Waals surface area contributed by atoms with Gasteiger partial charge in [-0.1, -0.05) is 0 Å². The van der Waals surface area contributed by atoms with Crippen LogP contribution in [0.4, 0.5) is 0 Å². The van der Waals surface area contributed by atoms with Crippen molar-refractivity contribution in [2.75, 3.05) is 0 Å². The van der Waals surface area contributed by atoms with Crippen LogP contribution in [0.3, 0.4) is 0 Å². The summed E-state index contributed by atoms with van der Waals surface area (Å²) in [7, 11) is 0. The number of nitrogens with one attached hydrogen (secondary N) is 1. The lowest BCUT2D eigenvalue weighted by atomic mass is 10.1. The predicted molar refractivity (Wildman–Crippen MR) is 71.7 cm³/mol. The molecular formula is C14H20N2O3. The average molecular weight is 264 g/mol. The number of aryl methyl sites for hydroxylation is 1. The Bertz CT molecular complexity index is 478. The number of aromatic nitrogens is 1. The SMILES string of the molecule is Cc1ncccc1C(=O)N[C@@H](C)C(=O)OC(C)(C)C. The van der Waals surface area contributed by atoms with Crippen LogP contribution in [0.5, 0.6) is 0 Å². The number of rotatable bonds is 3. The van der Waals surface area contributed by atoms with Crippen molar-refractivity contribution in [1.29, 1.82) is 0 Å². The summed E-state index contributed by atoms with van der Waals surface area (Å²) < 4.78 is 5.20. The minimum Gasteiger partial charge on any atom is -0.458 e. The molecule has 5 nitrogen and oxygen atoms in total. The van der Waals surface area contributed by atoms with Crippen molar-refractivity contribution < 1.29 is 14.3 Å². The minimum absolute atomic E-state index is 0.330. The number of hydrogen-bond acceptors (Lipinski definition) is 4. The van der Waals surface area contributed by atoms with Gasteiger partial charge in [-0.2, -0.15) is 0 Å². The number of ether oxygens (including phenoxy) is 1. The lowest BCUT2D eigenvalue weighted by molar-refractivity contribution is -0.156. The first-order chi connectivity index (χ1) is 8.70. The second-order valence-corrected chi connectivity index (χ2v) is 5.36. The zero-order chi connectivity index (χ0) is 14.6. The van der Waals surface area contributed by atoms with E-state index in [-0.39, 0.29) is 5.91 Å². The maximum atomic E-state index is 12.0. The summed E-state index contributed by atoms with van der Waals surface area (Å²) in [5.74, 6) is -0.786. The van der Waals surface area contributed by atoms with Gasteiger partial charge in [-0.15, -0.1) is 0 Å². The van der Waals surface area contributed by atoms with Crippen LogP contribution < -0.4 is 5.32 Å². The highest BCUT2D eigenvalue weighted by Crippen LogP contribution is 2.09. The summed E-state index contributed by atoms with van der Waals surface area (Å²) in [5.41, 5.74) is 0.509. The normalized spacial score (nSPS) is 12.7. The molecule has 5 heteroatoms. The molecule has 0 aromatic carbocycles. The molecule has 0 saturated heterocycles. The van der Waals surface area contributed by atoms with E-state index in [0.717, 1.165) is 0 Å². The highest BCUT2D eigenvalue weighted by atomic mass is 16.6. The molecule has 0 spiro atoms. The summed E-state index contributed by atoms with van der Waals surface area (Å²) in [6.45, 7) is 8.69. The molecule has 104 valence electrons. The van der Waals surface area contributed by atoms with Crippen LogP contribution in [0.1, 0.15) is 43.7 Å². The molecule has 1 heterocycles. The highest BCUT2D eigenvalue weighted by Gasteiger charge is 2.23. The Morgan fingerprint density at radius 3 is 2.53 bits per heavy atom. The van der Waals surface area contributed by atoms with Gasteiger partial charge in [0.25, 0.3) is 5.91 Å². The first kappa shape index (κ1) is 15.1. The standard InChI is InChI=1S/C14H20N2O3/c1-9-11(7-6-8-15-9)12(17)16-10(2)13(18)19-14(3,4)5/h6-8,10H,1-5H3,(H,16,17)/t10-/m0/s1. The second-order valence-electron chi connectivity index (χ2n) is 5.36. The Kier molecular flexibility index (Phi) is 4.64. The number of carbonyl (C=O) groups excluding carboxylic acids is 2. The van der Waals surface area contributed by atoms with Gasteiger partial charge in [-0.3, -0.25) is 9.78 Å². The van der Waals surface area contributed by atoms with Crippen molar-refractivity contribution in [3.8, 4) is 0 Å². The van der Waals surface area contributed by atoms with Gasteiger partial charge in [0.2, 0.25) is 0 Å². The topological polar surface area (TPSA) is 68.3 Å². The molecule has 0 aliphatic rings. The molecular weight excluding hydrogens is 244 g/mol. The first-order valence-electron chi connectivity index (χ1n) is 6.16. The molecule has 0 aliphatic carbocycles. The van der Waals surface area contributed by atoms with Crippen LogP contribution in [-0.4, -0.2) is 28.5 Å². The Labute approximate surface area is 113 Å². The van der Waals surface area contributed by atoms with Gasteiger partial charge in [0.05, 0.1) is 5.56 Å². The highest BCUT2D eigenvalue weighted by molar-refractivity contribution is 5.97. The summed E-state index contributed by atoms with van der Waals surface area (Å²) >= 11 is 0. The third-order valence-electron chi connectivity index (χ3n) is 2.36. The van der Waals surface area contributed by atoms with Crippen molar-refractivity contribution in [3.63, 3.8) is 0 Å². The predicted octanol–water partition coefficient (Wildman–Crippen LogP) is 1.85. The van der Waals surface area contributed by atoms with Gasteiger partial charge in [0, 0.05) is 11.9 Å². The van der Waals surface area contributed by atoms with E-state index in [4.69, 9.17) is 4.74 Å². The van der Waals surface area contributed by atoms with Gasteiger partial charge in [-0.05, 0) is 46.8 Å². The van der Waals surface area contributed by atoms with E-state index in [1.807, 2.05) is 0 Å². The van der Waals surface area contributed by atoms with Gasteiger partial charge in [0.15, 0.2) is 0 Å². The van der Waals surface area contributed by atoms with E-state index in [2.05, 4.69) is 10.3 Å². The van der Waals surface area contributed by atoms with Crippen molar-refractivity contribution in [2.45, 2.75) is 46.3 Å². The summed E-state index contributed by atoms with van der Waals surface area (Å²) in [6.07, 6.45) is 1.61. The fourth-order valence-corrected chi connectivity index (χ4v) is 1.45. The zero-order valence-electron chi connectivity index (χ0n) is 12.0. The Balaban J connectivity index is 2.67. The number of pyridine rings is 1. The first-order valence-corrected chi connectivity index (χ1v) is 6.16. The summed E-state index contributed by atoms with van der Waals surface area (Å²) in [5, 5.41) is 2.61.